The molecule has 5 nitrogen and oxygen atoms in total. The van der Waals surface area contributed by atoms with Gasteiger partial charge in [-0.1, -0.05) is 35.9 Å². The first kappa shape index (κ1) is 20.3. The Labute approximate surface area is 179 Å². The van der Waals surface area contributed by atoms with Gasteiger partial charge in [-0.15, -0.1) is 0 Å². The van der Waals surface area contributed by atoms with Crippen LogP contribution in [0.25, 0.3) is 10.2 Å². The molecule has 2 heterocycles. The second-order valence-corrected chi connectivity index (χ2v) is 8.52. The van der Waals surface area contributed by atoms with Crippen molar-refractivity contribution < 1.29 is 9.53 Å². The molecule has 2 aromatic carbocycles. The lowest BCUT2D eigenvalue weighted by Gasteiger charge is -2.29. The van der Waals surface area contributed by atoms with E-state index in [4.69, 9.17) is 21.3 Å². The number of anilines is 1. The summed E-state index contributed by atoms with van der Waals surface area (Å²) in [6.07, 6.45) is 0.980. The van der Waals surface area contributed by atoms with Crippen molar-refractivity contribution in [2.75, 3.05) is 44.3 Å². The molecule has 1 aliphatic rings. The zero-order valence-corrected chi connectivity index (χ0v) is 18.0. The highest BCUT2D eigenvalue weighted by molar-refractivity contribution is 7.22. The minimum absolute atomic E-state index is 0.0512. The molecule has 0 radical (unpaired) electrons. The number of morpholine rings is 1. The van der Waals surface area contributed by atoms with Crippen LogP contribution in [0.4, 0.5) is 5.13 Å². The normalized spacial score (nSPS) is 15.0. The van der Waals surface area contributed by atoms with Crippen LogP contribution >= 0.6 is 22.9 Å². The number of halogens is 1. The maximum absolute atomic E-state index is 13.3. The summed E-state index contributed by atoms with van der Waals surface area (Å²) in [4.78, 5) is 22.2. The third-order valence-corrected chi connectivity index (χ3v) is 6.45. The number of hydrogen-bond acceptors (Lipinski definition) is 5. The summed E-state index contributed by atoms with van der Waals surface area (Å²) in [6.45, 7) is 6.78. The van der Waals surface area contributed by atoms with Crippen LogP contribution in [0.5, 0.6) is 0 Å². The Hall–Kier alpha value is -1.99. The second kappa shape index (κ2) is 9.22. The summed E-state index contributed by atoms with van der Waals surface area (Å²) in [5.41, 5.74) is 2.82. The van der Waals surface area contributed by atoms with Crippen LogP contribution in [0.3, 0.4) is 0 Å². The Balaban J connectivity index is 1.63. The molecule has 0 unspecified atom stereocenters. The van der Waals surface area contributed by atoms with Gasteiger partial charge in [-0.05, 0) is 48.4 Å². The molecule has 0 spiro atoms. The van der Waals surface area contributed by atoms with E-state index in [9.17, 15) is 4.79 Å². The van der Waals surface area contributed by atoms with Gasteiger partial charge in [0, 0.05) is 36.8 Å². The highest BCUT2D eigenvalue weighted by atomic mass is 35.5. The van der Waals surface area contributed by atoms with E-state index in [1.165, 1.54) is 5.56 Å². The highest BCUT2D eigenvalue weighted by Gasteiger charge is 2.23. The smallest absolute Gasteiger partial charge is 0.260 e. The van der Waals surface area contributed by atoms with E-state index >= 15 is 0 Å². The predicted octanol–water partition coefficient (Wildman–Crippen LogP) is 4.49. The van der Waals surface area contributed by atoms with Crippen molar-refractivity contribution in [3.63, 3.8) is 0 Å². The number of fused-ring (bicyclic) bond motifs is 1. The molecule has 0 bridgehead atoms. The lowest BCUT2D eigenvalue weighted by molar-refractivity contribution is 0.0391. The molecule has 152 valence electrons. The number of carbonyl (C=O) groups excluding carboxylic acids is 1. The number of amides is 1. The van der Waals surface area contributed by atoms with Crippen LogP contribution < -0.4 is 4.90 Å². The molecule has 0 saturated carbocycles. The van der Waals surface area contributed by atoms with Gasteiger partial charge < -0.3 is 4.74 Å². The maximum Gasteiger partial charge on any atom is 0.260 e. The zero-order chi connectivity index (χ0) is 20.2. The van der Waals surface area contributed by atoms with E-state index in [0.717, 1.165) is 54.6 Å². The quantitative estimate of drug-likeness (QED) is 0.579. The SMILES string of the molecule is CCc1ccc2nc(N(CCN3CCOCC3)C(=O)c3ccc(Cl)cc3)sc2c1. The first-order chi connectivity index (χ1) is 14.1. The van der Waals surface area contributed by atoms with Gasteiger partial charge in [0.15, 0.2) is 5.13 Å². The monoisotopic (exact) mass is 429 g/mol. The number of aromatic nitrogens is 1. The van der Waals surface area contributed by atoms with Gasteiger partial charge in [0.05, 0.1) is 23.4 Å². The molecular weight excluding hydrogens is 406 g/mol. The molecule has 0 N–H and O–H groups in total. The lowest BCUT2D eigenvalue weighted by Crippen LogP contribution is -2.43. The largest absolute Gasteiger partial charge is 0.379 e. The number of benzene rings is 2. The molecule has 3 aromatic rings. The molecule has 1 fully saturated rings. The number of thiazole rings is 1. The van der Waals surface area contributed by atoms with Crippen molar-refractivity contribution in [2.24, 2.45) is 0 Å². The molecule has 1 amide bonds. The van der Waals surface area contributed by atoms with Gasteiger partial charge in [0.25, 0.3) is 5.91 Å². The Morgan fingerprint density at radius 3 is 2.69 bits per heavy atom. The summed E-state index contributed by atoms with van der Waals surface area (Å²) in [5, 5.41) is 1.36. The average molecular weight is 430 g/mol. The number of hydrogen-bond donors (Lipinski definition) is 0. The summed E-state index contributed by atoms with van der Waals surface area (Å²) in [7, 11) is 0. The Bertz CT molecular complexity index is 983. The maximum atomic E-state index is 13.3. The van der Waals surface area contributed by atoms with Crippen LogP contribution in [0, 0.1) is 0 Å². The van der Waals surface area contributed by atoms with Crippen molar-refractivity contribution in [1.82, 2.24) is 9.88 Å². The summed E-state index contributed by atoms with van der Waals surface area (Å²) in [6, 6.07) is 13.4. The Morgan fingerprint density at radius 1 is 1.21 bits per heavy atom. The Morgan fingerprint density at radius 2 is 1.97 bits per heavy atom. The standard InChI is InChI=1S/C22H24ClN3O2S/c1-2-16-3-8-19-20(15-16)29-22(24-19)26(10-9-25-11-13-28-14-12-25)21(27)17-4-6-18(23)7-5-17/h3-8,15H,2,9-14H2,1H3. The summed E-state index contributed by atoms with van der Waals surface area (Å²) in [5.74, 6) is -0.0512. The second-order valence-electron chi connectivity index (χ2n) is 7.07. The first-order valence-electron chi connectivity index (χ1n) is 9.91. The fourth-order valence-corrected chi connectivity index (χ4v) is 4.57. The van der Waals surface area contributed by atoms with E-state index < -0.39 is 0 Å². The van der Waals surface area contributed by atoms with E-state index in [2.05, 4.69) is 24.0 Å². The van der Waals surface area contributed by atoms with Gasteiger partial charge in [0.2, 0.25) is 0 Å². The molecule has 1 aromatic heterocycles. The first-order valence-corrected chi connectivity index (χ1v) is 11.1. The van der Waals surface area contributed by atoms with Crippen molar-refractivity contribution >= 4 is 44.2 Å². The van der Waals surface area contributed by atoms with Crippen LogP contribution in [0.15, 0.2) is 42.5 Å². The summed E-state index contributed by atoms with van der Waals surface area (Å²) >= 11 is 7.58. The topological polar surface area (TPSA) is 45.7 Å². The molecular formula is C22H24ClN3O2S. The molecule has 0 atom stereocenters. The van der Waals surface area contributed by atoms with E-state index in [1.807, 2.05) is 6.07 Å². The molecule has 0 aliphatic carbocycles. The number of ether oxygens (including phenoxy) is 1. The molecule has 1 saturated heterocycles. The number of carbonyl (C=O) groups is 1. The van der Waals surface area contributed by atoms with Gasteiger partial charge in [-0.2, -0.15) is 0 Å². The third kappa shape index (κ3) is 4.78. The van der Waals surface area contributed by atoms with Crippen molar-refractivity contribution in [1.29, 1.82) is 0 Å². The van der Waals surface area contributed by atoms with Gasteiger partial charge in [-0.3, -0.25) is 14.6 Å². The predicted molar refractivity (Wildman–Crippen MR) is 119 cm³/mol. The molecule has 29 heavy (non-hydrogen) atoms. The van der Waals surface area contributed by atoms with Crippen LogP contribution in [0.1, 0.15) is 22.8 Å². The van der Waals surface area contributed by atoms with Gasteiger partial charge in [-0.25, -0.2) is 4.98 Å². The van der Waals surface area contributed by atoms with E-state index in [1.54, 1.807) is 40.5 Å². The van der Waals surface area contributed by atoms with Crippen molar-refractivity contribution in [3.05, 3.63) is 58.6 Å². The summed E-state index contributed by atoms with van der Waals surface area (Å²) < 4.78 is 6.55. The van der Waals surface area contributed by atoms with Gasteiger partial charge in [0.1, 0.15) is 0 Å². The Kier molecular flexibility index (Phi) is 6.45. The van der Waals surface area contributed by atoms with Crippen LogP contribution in [0.2, 0.25) is 5.02 Å². The number of rotatable bonds is 6. The van der Waals surface area contributed by atoms with Gasteiger partial charge >= 0.3 is 0 Å². The molecule has 7 heteroatoms. The minimum Gasteiger partial charge on any atom is -0.379 e. The zero-order valence-electron chi connectivity index (χ0n) is 16.4. The minimum atomic E-state index is -0.0512. The fourth-order valence-electron chi connectivity index (χ4n) is 3.39. The third-order valence-electron chi connectivity index (χ3n) is 5.16. The molecule has 1 aliphatic heterocycles. The van der Waals surface area contributed by atoms with Crippen molar-refractivity contribution in [2.45, 2.75) is 13.3 Å². The van der Waals surface area contributed by atoms with Crippen LogP contribution in [-0.2, 0) is 11.2 Å². The van der Waals surface area contributed by atoms with E-state index in [-0.39, 0.29) is 5.91 Å². The number of nitrogens with zero attached hydrogens (tertiary/aromatic N) is 3. The number of aryl methyl sites for hydroxylation is 1. The fraction of sp³-hybridized carbons (Fsp3) is 0.364. The van der Waals surface area contributed by atoms with Crippen molar-refractivity contribution in [3.8, 4) is 0 Å². The molecule has 4 rings (SSSR count). The highest BCUT2D eigenvalue weighted by Crippen LogP contribution is 2.31. The van der Waals surface area contributed by atoms with Crippen LogP contribution in [-0.4, -0.2) is 55.2 Å². The van der Waals surface area contributed by atoms with E-state index in [0.29, 0.717) is 17.1 Å². The average Bonchev–Trinajstić information content (AvgIpc) is 3.17. The lowest BCUT2D eigenvalue weighted by atomic mass is 10.2.